The van der Waals surface area contributed by atoms with Gasteiger partial charge in [-0.05, 0) is 79.4 Å². The van der Waals surface area contributed by atoms with Crippen LogP contribution in [0.15, 0.2) is 12.1 Å². The number of aromatic hydroxyl groups is 2. The van der Waals surface area contributed by atoms with Crippen LogP contribution in [0.3, 0.4) is 0 Å². The van der Waals surface area contributed by atoms with E-state index in [-0.39, 0.29) is 11.5 Å². The topological polar surface area (TPSA) is 40.5 Å². The number of phenols is 2. The van der Waals surface area contributed by atoms with Gasteiger partial charge in [-0.2, -0.15) is 0 Å². The lowest BCUT2D eigenvalue weighted by Gasteiger charge is -2.22. The van der Waals surface area contributed by atoms with Gasteiger partial charge >= 0.3 is 0 Å². The van der Waals surface area contributed by atoms with E-state index in [1.807, 2.05) is 0 Å². The molecule has 0 amide bonds. The van der Waals surface area contributed by atoms with E-state index in [1.54, 1.807) is 6.07 Å². The van der Waals surface area contributed by atoms with Gasteiger partial charge in [0.2, 0.25) is 0 Å². The number of phenolic OH excluding ortho intramolecular Hbond substituents is 2. The van der Waals surface area contributed by atoms with E-state index < -0.39 is 0 Å². The van der Waals surface area contributed by atoms with Crippen LogP contribution in [0, 0.1) is 10.8 Å². The first kappa shape index (κ1) is 24.1. The molecule has 1 aromatic carbocycles. The summed E-state index contributed by atoms with van der Waals surface area (Å²) in [4.78, 5) is 0. The highest BCUT2D eigenvalue weighted by molar-refractivity contribution is 5.47. The lowest BCUT2D eigenvalue weighted by Crippen LogP contribution is -2.08. The van der Waals surface area contributed by atoms with Gasteiger partial charge < -0.3 is 10.2 Å². The minimum absolute atomic E-state index is 0.0591. The van der Waals surface area contributed by atoms with Crippen molar-refractivity contribution in [3.63, 3.8) is 0 Å². The predicted molar refractivity (Wildman–Crippen MR) is 125 cm³/mol. The molecule has 0 aliphatic heterocycles. The maximum Gasteiger partial charge on any atom is 0.160 e. The van der Waals surface area contributed by atoms with Crippen molar-refractivity contribution in [2.75, 3.05) is 0 Å². The van der Waals surface area contributed by atoms with Gasteiger partial charge in [-0.25, -0.2) is 0 Å². The molecule has 0 heterocycles. The fourth-order valence-corrected chi connectivity index (χ4v) is 4.22. The molecule has 1 aliphatic rings. The Kier molecular flexibility index (Phi) is 9.37. The number of aryl methyl sites for hydroxylation is 2. The van der Waals surface area contributed by atoms with Crippen molar-refractivity contribution in [1.29, 1.82) is 0 Å². The van der Waals surface area contributed by atoms with E-state index in [4.69, 9.17) is 0 Å². The summed E-state index contributed by atoms with van der Waals surface area (Å²) in [5, 5.41) is 20.4. The summed E-state index contributed by atoms with van der Waals surface area (Å²) < 4.78 is 0. The van der Waals surface area contributed by atoms with Crippen molar-refractivity contribution in [2.45, 2.75) is 124 Å². The third-order valence-corrected chi connectivity index (χ3v) is 7.33. The summed E-state index contributed by atoms with van der Waals surface area (Å²) in [6.07, 6.45) is 18.6. The zero-order chi connectivity index (χ0) is 21.3. The van der Waals surface area contributed by atoms with Gasteiger partial charge in [0.25, 0.3) is 0 Å². The van der Waals surface area contributed by atoms with Crippen LogP contribution in [0.1, 0.15) is 122 Å². The second-order valence-corrected chi connectivity index (χ2v) is 10.8. The Bertz CT molecular complexity index is 613. The predicted octanol–water partition coefficient (Wildman–Crippen LogP) is 8.32. The van der Waals surface area contributed by atoms with Crippen LogP contribution in [0.5, 0.6) is 11.5 Å². The molecule has 0 aromatic heterocycles. The van der Waals surface area contributed by atoms with Crippen molar-refractivity contribution in [3.05, 3.63) is 23.3 Å². The molecular weight excluding hydrogens is 356 g/mol. The van der Waals surface area contributed by atoms with E-state index in [9.17, 15) is 10.2 Å². The highest BCUT2D eigenvalue weighted by atomic mass is 16.3. The van der Waals surface area contributed by atoms with Crippen molar-refractivity contribution in [3.8, 4) is 11.5 Å². The van der Waals surface area contributed by atoms with Gasteiger partial charge in [0.1, 0.15) is 0 Å². The van der Waals surface area contributed by atoms with Crippen molar-refractivity contribution < 1.29 is 10.2 Å². The van der Waals surface area contributed by atoms with Crippen molar-refractivity contribution in [1.82, 2.24) is 0 Å². The van der Waals surface area contributed by atoms with Crippen LogP contribution in [-0.2, 0) is 12.8 Å². The first-order valence-corrected chi connectivity index (χ1v) is 12.3. The van der Waals surface area contributed by atoms with Gasteiger partial charge in [0.05, 0.1) is 0 Å². The summed E-state index contributed by atoms with van der Waals surface area (Å²) >= 11 is 0. The lowest BCUT2D eigenvalue weighted by atomic mass is 9.84. The largest absolute Gasteiger partial charge is 0.504 e. The van der Waals surface area contributed by atoms with E-state index >= 15 is 0 Å². The van der Waals surface area contributed by atoms with Crippen LogP contribution < -0.4 is 0 Å². The Hall–Kier alpha value is -1.18. The van der Waals surface area contributed by atoms with Gasteiger partial charge in [-0.15, -0.1) is 0 Å². The molecule has 29 heavy (non-hydrogen) atoms. The Morgan fingerprint density at radius 1 is 0.862 bits per heavy atom. The average Bonchev–Trinajstić information content (AvgIpc) is 3.41. The standard InChI is InChI=1S/C27H46O2/c1-5-26(2,3)16-12-8-7-11-15-23-20-22(21-24(28)25(23)29)14-10-6-9-13-17-27(4)18-19-27/h20-21,28-29H,5-19H2,1-4H3. The number of benzene rings is 1. The van der Waals surface area contributed by atoms with Gasteiger partial charge in [0.15, 0.2) is 11.5 Å². The molecule has 2 nitrogen and oxygen atoms in total. The molecule has 2 N–H and O–H groups in total. The molecule has 1 fully saturated rings. The Labute approximate surface area is 180 Å². The smallest absolute Gasteiger partial charge is 0.160 e. The van der Waals surface area contributed by atoms with Crippen LogP contribution in [0.4, 0.5) is 0 Å². The number of hydrogen-bond acceptors (Lipinski definition) is 2. The number of hydrogen-bond donors (Lipinski definition) is 2. The molecule has 2 rings (SSSR count). The van der Waals surface area contributed by atoms with Gasteiger partial charge in [-0.1, -0.05) is 78.7 Å². The second kappa shape index (κ2) is 11.3. The first-order chi connectivity index (χ1) is 13.7. The summed E-state index contributed by atoms with van der Waals surface area (Å²) in [6.45, 7) is 9.40. The van der Waals surface area contributed by atoms with Crippen molar-refractivity contribution >= 4 is 0 Å². The highest BCUT2D eigenvalue weighted by Gasteiger charge is 2.35. The van der Waals surface area contributed by atoms with E-state index in [0.717, 1.165) is 24.8 Å². The summed E-state index contributed by atoms with van der Waals surface area (Å²) in [5.74, 6) is 0.155. The molecule has 0 atom stereocenters. The lowest BCUT2D eigenvalue weighted by molar-refractivity contribution is 0.307. The van der Waals surface area contributed by atoms with Crippen LogP contribution in [0.2, 0.25) is 0 Å². The van der Waals surface area contributed by atoms with Gasteiger partial charge in [-0.3, -0.25) is 0 Å². The fraction of sp³-hybridized carbons (Fsp3) is 0.778. The molecule has 1 aliphatic carbocycles. The monoisotopic (exact) mass is 402 g/mol. The third kappa shape index (κ3) is 9.01. The zero-order valence-electron chi connectivity index (χ0n) is 19.7. The molecule has 1 saturated carbocycles. The molecule has 0 unspecified atom stereocenters. The molecular formula is C27H46O2. The quantitative estimate of drug-likeness (QED) is 0.229. The molecule has 0 spiro atoms. The zero-order valence-corrected chi connectivity index (χ0v) is 19.7. The number of rotatable bonds is 15. The summed E-state index contributed by atoms with van der Waals surface area (Å²) in [6, 6.07) is 3.89. The molecule has 2 heteroatoms. The van der Waals surface area contributed by atoms with E-state index in [0.29, 0.717) is 10.8 Å². The van der Waals surface area contributed by atoms with E-state index in [1.165, 1.54) is 82.6 Å². The van der Waals surface area contributed by atoms with Crippen LogP contribution in [0.25, 0.3) is 0 Å². The number of unbranched alkanes of at least 4 members (excludes halogenated alkanes) is 6. The highest BCUT2D eigenvalue weighted by Crippen LogP contribution is 2.49. The third-order valence-electron chi connectivity index (χ3n) is 7.33. The fourth-order valence-electron chi connectivity index (χ4n) is 4.22. The molecule has 0 bridgehead atoms. The SMILES string of the molecule is CCC(C)(C)CCCCCCc1cc(CCCCCCC2(C)CC2)cc(O)c1O. The van der Waals surface area contributed by atoms with Gasteiger partial charge in [0, 0.05) is 0 Å². The van der Waals surface area contributed by atoms with E-state index in [2.05, 4.69) is 33.8 Å². The minimum Gasteiger partial charge on any atom is -0.504 e. The summed E-state index contributed by atoms with van der Waals surface area (Å²) in [5.41, 5.74) is 3.25. The Morgan fingerprint density at radius 2 is 1.48 bits per heavy atom. The maximum absolute atomic E-state index is 10.2. The van der Waals surface area contributed by atoms with Crippen LogP contribution >= 0.6 is 0 Å². The molecule has 1 aromatic rings. The minimum atomic E-state index is 0.0591. The van der Waals surface area contributed by atoms with Crippen LogP contribution in [-0.4, -0.2) is 10.2 Å². The molecule has 0 saturated heterocycles. The summed E-state index contributed by atoms with van der Waals surface area (Å²) in [7, 11) is 0. The first-order valence-electron chi connectivity index (χ1n) is 12.3. The Morgan fingerprint density at radius 3 is 2.14 bits per heavy atom. The normalized spacial score (nSPS) is 15.6. The van der Waals surface area contributed by atoms with Crippen molar-refractivity contribution in [2.24, 2.45) is 10.8 Å². The molecule has 0 radical (unpaired) electrons. The molecule has 166 valence electrons. The average molecular weight is 403 g/mol. The second-order valence-electron chi connectivity index (χ2n) is 10.8. The Balaban J connectivity index is 1.66. The maximum atomic E-state index is 10.2.